The van der Waals surface area contributed by atoms with E-state index in [1.165, 1.54) is 6.07 Å². The summed E-state index contributed by atoms with van der Waals surface area (Å²) in [6.45, 7) is 6.89. The SMILES string of the molecule is CCc1ccc(Cl)c(CC)c1NC(=O)CN1CCCN(c2ccc(C(F)(F)F)cn2)CC1. The van der Waals surface area contributed by atoms with Crippen molar-refractivity contribution in [3.05, 3.63) is 52.2 Å². The zero-order valence-corrected chi connectivity index (χ0v) is 19.1. The minimum atomic E-state index is -4.40. The fraction of sp³-hybridized carbons (Fsp3) is 0.478. The zero-order valence-electron chi connectivity index (χ0n) is 18.3. The van der Waals surface area contributed by atoms with E-state index in [-0.39, 0.29) is 12.5 Å². The molecule has 1 aliphatic heterocycles. The molecule has 0 bridgehead atoms. The van der Waals surface area contributed by atoms with Crippen LogP contribution in [0.5, 0.6) is 0 Å². The summed E-state index contributed by atoms with van der Waals surface area (Å²) >= 11 is 6.33. The van der Waals surface area contributed by atoms with E-state index in [9.17, 15) is 18.0 Å². The second-order valence-electron chi connectivity index (χ2n) is 7.83. The molecule has 0 saturated carbocycles. The Morgan fingerprint density at radius 3 is 2.50 bits per heavy atom. The number of nitrogens with zero attached hydrogens (tertiary/aromatic N) is 3. The summed E-state index contributed by atoms with van der Waals surface area (Å²) in [5.74, 6) is 0.418. The minimum Gasteiger partial charge on any atom is -0.355 e. The predicted molar refractivity (Wildman–Crippen MR) is 121 cm³/mol. The van der Waals surface area contributed by atoms with Crippen molar-refractivity contribution < 1.29 is 18.0 Å². The summed E-state index contributed by atoms with van der Waals surface area (Å²) in [7, 11) is 0. The van der Waals surface area contributed by atoms with Crippen LogP contribution in [0.15, 0.2) is 30.5 Å². The highest BCUT2D eigenvalue weighted by Gasteiger charge is 2.31. The lowest BCUT2D eigenvalue weighted by atomic mass is 10.0. The number of hydrogen-bond acceptors (Lipinski definition) is 4. The van der Waals surface area contributed by atoms with Gasteiger partial charge in [0.2, 0.25) is 5.91 Å². The number of anilines is 2. The fourth-order valence-corrected chi connectivity index (χ4v) is 4.24. The topological polar surface area (TPSA) is 48.5 Å². The molecule has 1 fully saturated rings. The summed E-state index contributed by atoms with van der Waals surface area (Å²) in [5.41, 5.74) is 2.04. The summed E-state index contributed by atoms with van der Waals surface area (Å²) in [5, 5.41) is 3.70. The second kappa shape index (κ2) is 10.5. The molecular weight excluding hydrogens is 441 g/mol. The van der Waals surface area contributed by atoms with Crippen LogP contribution < -0.4 is 10.2 Å². The lowest BCUT2D eigenvalue weighted by Crippen LogP contribution is -2.36. The van der Waals surface area contributed by atoms with Crippen LogP contribution in [0, 0.1) is 0 Å². The van der Waals surface area contributed by atoms with Gasteiger partial charge in [-0.15, -0.1) is 0 Å². The Hall–Kier alpha value is -2.32. The first-order valence-corrected chi connectivity index (χ1v) is 11.2. The van der Waals surface area contributed by atoms with Gasteiger partial charge in [0.15, 0.2) is 0 Å². The van der Waals surface area contributed by atoms with Crippen LogP contribution in [-0.2, 0) is 23.8 Å². The summed E-state index contributed by atoms with van der Waals surface area (Å²) < 4.78 is 38.3. The Bertz CT molecular complexity index is 934. The second-order valence-corrected chi connectivity index (χ2v) is 8.24. The van der Waals surface area contributed by atoms with Gasteiger partial charge < -0.3 is 10.2 Å². The van der Waals surface area contributed by atoms with Crippen LogP contribution in [-0.4, -0.2) is 48.5 Å². The minimum absolute atomic E-state index is 0.0993. The molecule has 174 valence electrons. The van der Waals surface area contributed by atoms with Gasteiger partial charge in [-0.05, 0) is 48.6 Å². The van der Waals surface area contributed by atoms with Crippen LogP contribution in [0.2, 0.25) is 5.02 Å². The van der Waals surface area contributed by atoms with Gasteiger partial charge in [0.05, 0.1) is 12.1 Å². The summed E-state index contributed by atoms with van der Waals surface area (Å²) in [6.07, 6.45) is -1.23. The van der Waals surface area contributed by atoms with Crippen molar-refractivity contribution in [3.63, 3.8) is 0 Å². The number of aromatic nitrogens is 1. The first-order chi connectivity index (χ1) is 15.2. The van der Waals surface area contributed by atoms with Gasteiger partial charge in [0.1, 0.15) is 5.82 Å². The van der Waals surface area contributed by atoms with Crippen molar-refractivity contribution in [1.29, 1.82) is 0 Å². The molecule has 1 saturated heterocycles. The maximum Gasteiger partial charge on any atom is 0.417 e. The largest absolute Gasteiger partial charge is 0.417 e. The van der Waals surface area contributed by atoms with Gasteiger partial charge in [0.25, 0.3) is 0 Å². The Morgan fingerprint density at radius 1 is 1.09 bits per heavy atom. The molecule has 2 aromatic rings. The van der Waals surface area contributed by atoms with Crippen LogP contribution in [0.25, 0.3) is 0 Å². The van der Waals surface area contributed by atoms with E-state index in [1.807, 2.05) is 30.9 Å². The monoisotopic (exact) mass is 468 g/mol. The van der Waals surface area contributed by atoms with Gasteiger partial charge in [-0.3, -0.25) is 9.69 Å². The molecule has 0 atom stereocenters. The Kier molecular flexibility index (Phi) is 8.00. The molecule has 1 aliphatic rings. The van der Waals surface area contributed by atoms with E-state index >= 15 is 0 Å². The van der Waals surface area contributed by atoms with Gasteiger partial charge in [0, 0.05) is 43.1 Å². The first-order valence-electron chi connectivity index (χ1n) is 10.8. The number of pyridine rings is 1. The number of amides is 1. The fourth-order valence-electron chi connectivity index (χ4n) is 3.95. The van der Waals surface area contributed by atoms with Gasteiger partial charge in [-0.1, -0.05) is 31.5 Å². The third-order valence-corrected chi connectivity index (χ3v) is 6.05. The third kappa shape index (κ3) is 5.92. The third-order valence-electron chi connectivity index (χ3n) is 5.70. The normalized spacial score (nSPS) is 15.5. The standard InChI is InChI=1S/C23H28ClF3N4O/c1-3-16-6-8-19(24)18(4-2)22(16)29-21(32)15-30-10-5-11-31(13-12-30)20-9-7-17(14-28-20)23(25,26)27/h6-9,14H,3-5,10-13,15H2,1-2H3,(H,29,32). The Morgan fingerprint density at radius 2 is 1.88 bits per heavy atom. The molecule has 0 unspecified atom stereocenters. The maximum absolute atomic E-state index is 12.8. The van der Waals surface area contributed by atoms with E-state index < -0.39 is 11.7 Å². The van der Waals surface area contributed by atoms with E-state index in [0.29, 0.717) is 30.5 Å². The smallest absolute Gasteiger partial charge is 0.355 e. The van der Waals surface area contributed by atoms with Gasteiger partial charge in [-0.25, -0.2) is 4.98 Å². The van der Waals surface area contributed by atoms with E-state index in [0.717, 1.165) is 54.9 Å². The average Bonchev–Trinajstić information content (AvgIpc) is 2.99. The molecule has 9 heteroatoms. The average molecular weight is 469 g/mol. The van der Waals surface area contributed by atoms with Crippen LogP contribution in [0.4, 0.5) is 24.7 Å². The van der Waals surface area contributed by atoms with E-state index in [2.05, 4.69) is 15.2 Å². The molecule has 0 spiro atoms. The lowest BCUT2D eigenvalue weighted by Gasteiger charge is -2.23. The number of alkyl halides is 3. The Balaban J connectivity index is 1.61. The highest BCUT2D eigenvalue weighted by Crippen LogP contribution is 2.30. The van der Waals surface area contributed by atoms with Crippen molar-refractivity contribution in [2.24, 2.45) is 0 Å². The van der Waals surface area contributed by atoms with Gasteiger partial charge in [-0.2, -0.15) is 13.2 Å². The van der Waals surface area contributed by atoms with Crippen molar-refractivity contribution >= 4 is 29.0 Å². The summed E-state index contributed by atoms with van der Waals surface area (Å²) in [4.78, 5) is 20.8. The zero-order chi connectivity index (χ0) is 23.3. The molecule has 0 radical (unpaired) electrons. The van der Waals surface area contributed by atoms with E-state index in [4.69, 9.17) is 11.6 Å². The van der Waals surface area contributed by atoms with Crippen LogP contribution in [0.3, 0.4) is 0 Å². The highest BCUT2D eigenvalue weighted by atomic mass is 35.5. The molecule has 5 nitrogen and oxygen atoms in total. The predicted octanol–water partition coefficient (Wildman–Crippen LogP) is 5.03. The number of benzene rings is 1. The van der Waals surface area contributed by atoms with Crippen molar-refractivity contribution in [3.8, 4) is 0 Å². The number of halogens is 4. The van der Waals surface area contributed by atoms with Crippen molar-refractivity contribution in [2.75, 3.05) is 42.9 Å². The number of aryl methyl sites for hydroxylation is 1. The molecule has 1 aromatic heterocycles. The lowest BCUT2D eigenvalue weighted by molar-refractivity contribution is -0.137. The number of rotatable bonds is 6. The molecule has 32 heavy (non-hydrogen) atoms. The van der Waals surface area contributed by atoms with Crippen LogP contribution >= 0.6 is 11.6 Å². The molecule has 1 N–H and O–H groups in total. The van der Waals surface area contributed by atoms with Crippen LogP contribution in [0.1, 0.15) is 37.0 Å². The first kappa shape index (κ1) is 24.3. The molecule has 2 heterocycles. The molecule has 0 aliphatic carbocycles. The number of nitrogens with one attached hydrogen (secondary N) is 1. The quantitative estimate of drug-likeness (QED) is 0.646. The maximum atomic E-state index is 12.8. The number of hydrogen-bond donors (Lipinski definition) is 1. The highest BCUT2D eigenvalue weighted by molar-refractivity contribution is 6.32. The van der Waals surface area contributed by atoms with E-state index in [1.54, 1.807) is 0 Å². The summed E-state index contributed by atoms with van der Waals surface area (Å²) in [6, 6.07) is 6.27. The van der Waals surface area contributed by atoms with Crippen molar-refractivity contribution in [2.45, 2.75) is 39.3 Å². The Labute approximate surface area is 191 Å². The molecule has 1 amide bonds. The number of carbonyl (C=O) groups excluding carboxylic acids is 1. The van der Waals surface area contributed by atoms with Gasteiger partial charge >= 0.3 is 6.18 Å². The molecule has 1 aromatic carbocycles. The van der Waals surface area contributed by atoms with Crippen molar-refractivity contribution in [1.82, 2.24) is 9.88 Å². The molecule has 3 rings (SSSR count). The molecular formula is C23H28ClF3N4O. The number of carbonyl (C=O) groups is 1.